The fourth-order valence-corrected chi connectivity index (χ4v) is 4.65. The molecule has 1 atom stereocenters. The molecule has 1 aromatic carbocycles. The Morgan fingerprint density at radius 1 is 1.11 bits per heavy atom. The zero-order chi connectivity index (χ0) is 19.4. The number of rotatable bonds is 6. The first-order valence-corrected chi connectivity index (χ1v) is 11.0. The number of nitrogens with zero attached hydrogens (tertiary/aromatic N) is 2. The van der Waals surface area contributed by atoms with E-state index in [0.717, 1.165) is 29.3 Å². The van der Waals surface area contributed by atoms with Crippen molar-refractivity contribution in [3.8, 4) is 0 Å². The van der Waals surface area contributed by atoms with E-state index in [2.05, 4.69) is 10.2 Å². The van der Waals surface area contributed by atoms with Gasteiger partial charge in [-0.05, 0) is 49.9 Å². The van der Waals surface area contributed by atoms with Crippen molar-refractivity contribution in [3.05, 3.63) is 24.3 Å². The van der Waals surface area contributed by atoms with Crippen LogP contribution in [0.1, 0.15) is 25.7 Å². The topological polar surface area (TPSA) is 96.0 Å². The van der Waals surface area contributed by atoms with Gasteiger partial charge in [0.1, 0.15) is 6.04 Å². The highest BCUT2D eigenvalue weighted by atomic mass is 32.2. The lowest BCUT2D eigenvalue weighted by atomic mass is 10.2. The molecule has 2 aliphatic heterocycles. The molecule has 0 saturated carbocycles. The Bertz CT molecular complexity index is 788. The third kappa shape index (κ3) is 4.98. The molecule has 9 heteroatoms. The summed E-state index contributed by atoms with van der Waals surface area (Å²) in [6.45, 7) is 1.95. The zero-order valence-electron chi connectivity index (χ0n) is 15.4. The van der Waals surface area contributed by atoms with E-state index in [1.807, 2.05) is 24.3 Å². The summed E-state index contributed by atoms with van der Waals surface area (Å²) in [7, 11) is -3.47. The summed E-state index contributed by atoms with van der Waals surface area (Å²) in [6, 6.07) is 6.70. The van der Waals surface area contributed by atoms with Crippen LogP contribution in [0, 0.1) is 0 Å². The van der Waals surface area contributed by atoms with Crippen LogP contribution in [0.4, 0.5) is 11.4 Å². The van der Waals surface area contributed by atoms with Crippen LogP contribution in [0.15, 0.2) is 24.3 Å². The Morgan fingerprint density at radius 3 is 2.41 bits per heavy atom. The van der Waals surface area contributed by atoms with Crippen LogP contribution >= 0.6 is 0 Å². The van der Waals surface area contributed by atoms with Crippen molar-refractivity contribution in [2.45, 2.75) is 31.7 Å². The minimum Gasteiger partial charge on any atom is -0.454 e. The number of benzene rings is 1. The van der Waals surface area contributed by atoms with E-state index in [9.17, 15) is 18.0 Å². The van der Waals surface area contributed by atoms with Crippen LogP contribution in [-0.2, 0) is 24.3 Å². The molecule has 2 heterocycles. The predicted octanol–water partition coefficient (Wildman–Crippen LogP) is 1.19. The van der Waals surface area contributed by atoms with Gasteiger partial charge in [0, 0.05) is 31.0 Å². The molecular weight excluding hydrogens is 370 g/mol. The monoisotopic (exact) mass is 395 g/mol. The van der Waals surface area contributed by atoms with Crippen LogP contribution in [0.2, 0.25) is 0 Å². The fourth-order valence-electron chi connectivity index (χ4n) is 3.53. The van der Waals surface area contributed by atoms with E-state index < -0.39 is 34.5 Å². The molecule has 3 rings (SSSR count). The van der Waals surface area contributed by atoms with Crippen molar-refractivity contribution in [3.63, 3.8) is 0 Å². The maximum atomic E-state index is 12.1. The van der Waals surface area contributed by atoms with Gasteiger partial charge in [-0.25, -0.2) is 8.42 Å². The standard InChI is InChI=1S/C18H25N3O5S/c1-27(24,25)21-12-4-5-16(21)18(23)26-13-17(22)19-14-6-8-15(9-7-14)20-10-2-3-11-20/h6-9,16H,2-5,10-13H2,1H3,(H,19,22)/t16-/m0/s1. The number of anilines is 2. The molecule has 2 fully saturated rings. The Balaban J connectivity index is 1.48. The number of carbonyl (C=O) groups excluding carboxylic acids is 2. The van der Waals surface area contributed by atoms with E-state index in [1.54, 1.807) is 0 Å². The van der Waals surface area contributed by atoms with Gasteiger partial charge in [0.25, 0.3) is 5.91 Å². The highest BCUT2D eigenvalue weighted by Gasteiger charge is 2.37. The lowest BCUT2D eigenvalue weighted by Crippen LogP contribution is -2.41. The Kier molecular flexibility index (Phi) is 6.01. The van der Waals surface area contributed by atoms with Crippen LogP contribution < -0.4 is 10.2 Å². The summed E-state index contributed by atoms with van der Waals surface area (Å²) in [5, 5.41) is 2.68. The Morgan fingerprint density at radius 2 is 1.78 bits per heavy atom. The van der Waals surface area contributed by atoms with Crippen molar-refractivity contribution in [1.29, 1.82) is 0 Å². The summed E-state index contributed by atoms with van der Waals surface area (Å²) < 4.78 is 29.5. The van der Waals surface area contributed by atoms with Gasteiger partial charge in [0.05, 0.1) is 6.26 Å². The van der Waals surface area contributed by atoms with Crippen LogP contribution in [0.5, 0.6) is 0 Å². The van der Waals surface area contributed by atoms with Gasteiger partial charge >= 0.3 is 5.97 Å². The van der Waals surface area contributed by atoms with Crippen LogP contribution in [-0.4, -0.2) is 63.1 Å². The number of hydrogen-bond donors (Lipinski definition) is 1. The number of esters is 1. The number of hydrogen-bond acceptors (Lipinski definition) is 6. The molecule has 0 bridgehead atoms. The number of carbonyl (C=O) groups is 2. The summed E-state index contributed by atoms with van der Waals surface area (Å²) in [6.07, 6.45) is 4.47. The molecule has 0 aliphatic carbocycles. The van der Waals surface area contributed by atoms with E-state index in [1.165, 1.54) is 12.8 Å². The minimum atomic E-state index is -3.47. The lowest BCUT2D eigenvalue weighted by molar-refractivity contribution is -0.150. The molecule has 2 saturated heterocycles. The largest absolute Gasteiger partial charge is 0.454 e. The molecule has 148 valence electrons. The molecule has 0 radical (unpaired) electrons. The van der Waals surface area contributed by atoms with Gasteiger partial charge in [-0.15, -0.1) is 0 Å². The molecule has 1 aromatic rings. The third-order valence-electron chi connectivity index (χ3n) is 4.87. The van der Waals surface area contributed by atoms with Gasteiger partial charge in [0.2, 0.25) is 10.0 Å². The second-order valence-electron chi connectivity index (χ2n) is 6.93. The summed E-state index contributed by atoms with van der Waals surface area (Å²) in [5.74, 6) is -1.14. The quantitative estimate of drug-likeness (QED) is 0.727. The molecule has 1 amide bonds. The van der Waals surface area contributed by atoms with Crippen molar-refractivity contribution in [2.75, 3.05) is 42.7 Å². The molecule has 0 spiro atoms. The van der Waals surface area contributed by atoms with Crippen LogP contribution in [0.25, 0.3) is 0 Å². The van der Waals surface area contributed by atoms with Gasteiger partial charge in [-0.1, -0.05) is 0 Å². The maximum absolute atomic E-state index is 12.1. The maximum Gasteiger partial charge on any atom is 0.324 e. The van der Waals surface area contributed by atoms with Crippen molar-refractivity contribution >= 4 is 33.3 Å². The average Bonchev–Trinajstić information content (AvgIpc) is 3.31. The fraction of sp³-hybridized carbons (Fsp3) is 0.556. The SMILES string of the molecule is CS(=O)(=O)N1CCC[C@H]1C(=O)OCC(=O)Nc1ccc(N2CCCC2)cc1. The summed E-state index contributed by atoms with van der Waals surface area (Å²) in [5.41, 5.74) is 1.75. The highest BCUT2D eigenvalue weighted by Crippen LogP contribution is 2.23. The van der Waals surface area contributed by atoms with E-state index in [0.29, 0.717) is 25.1 Å². The van der Waals surface area contributed by atoms with Gasteiger partial charge in [0.15, 0.2) is 6.61 Å². The van der Waals surface area contributed by atoms with Crippen molar-refractivity contribution in [2.24, 2.45) is 0 Å². The molecule has 1 N–H and O–H groups in total. The predicted molar refractivity (Wildman–Crippen MR) is 102 cm³/mol. The molecule has 2 aliphatic rings. The van der Waals surface area contributed by atoms with Gasteiger partial charge in [-0.2, -0.15) is 4.31 Å². The Hall–Kier alpha value is -2.13. The summed E-state index contributed by atoms with van der Waals surface area (Å²) >= 11 is 0. The summed E-state index contributed by atoms with van der Waals surface area (Å²) in [4.78, 5) is 26.5. The highest BCUT2D eigenvalue weighted by molar-refractivity contribution is 7.88. The number of amides is 1. The molecule has 0 unspecified atom stereocenters. The third-order valence-corrected chi connectivity index (χ3v) is 6.16. The average molecular weight is 395 g/mol. The molecule has 27 heavy (non-hydrogen) atoms. The van der Waals surface area contributed by atoms with Crippen LogP contribution in [0.3, 0.4) is 0 Å². The lowest BCUT2D eigenvalue weighted by Gasteiger charge is -2.20. The van der Waals surface area contributed by atoms with E-state index in [-0.39, 0.29) is 0 Å². The Labute approximate surface area is 159 Å². The first-order chi connectivity index (χ1) is 12.8. The second-order valence-corrected chi connectivity index (χ2v) is 8.86. The molecule has 8 nitrogen and oxygen atoms in total. The normalized spacial score (nSPS) is 20.6. The first kappa shape index (κ1) is 19.6. The number of sulfonamides is 1. The van der Waals surface area contributed by atoms with Gasteiger partial charge in [-0.3, -0.25) is 9.59 Å². The van der Waals surface area contributed by atoms with E-state index in [4.69, 9.17) is 4.74 Å². The molecular formula is C18H25N3O5S. The zero-order valence-corrected chi connectivity index (χ0v) is 16.2. The van der Waals surface area contributed by atoms with Gasteiger partial charge < -0.3 is 15.0 Å². The second kappa shape index (κ2) is 8.26. The number of nitrogens with one attached hydrogen (secondary N) is 1. The first-order valence-electron chi connectivity index (χ1n) is 9.13. The minimum absolute atomic E-state index is 0.300. The van der Waals surface area contributed by atoms with E-state index >= 15 is 0 Å². The molecule has 0 aromatic heterocycles. The van der Waals surface area contributed by atoms with Crippen molar-refractivity contribution < 1.29 is 22.7 Å². The van der Waals surface area contributed by atoms with Crippen molar-refractivity contribution in [1.82, 2.24) is 4.31 Å². The number of ether oxygens (including phenoxy) is 1. The smallest absolute Gasteiger partial charge is 0.324 e.